The second kappa shape index (κ2) is 5.50. The number of amides is 2. The first-order valence-corrected chi connectivity index (χ1v) is 7.81. The van der Waals surface area contributed by atoms with Gasteiger partial charge in [0.15, 0.2) is 5.92 Å². The van der Waals surface area contributed by atoms with Crippen molar-refractivity contribution in [2.24, 2.45) is 16.8 Å². The van der Waals surface area contributed by atoms with Crippen molar-refractivity contribution in [2.45, 2.75) is 11.8 Å². The molecule has 1 aliphatic rings. The molecule has 0 saturated heterocycles. The third-order valence-electron chi connectivity index (χ3n) is 3.28. The standard InChI is InChI=1S/C13H16N4O4S/c1-8-11(12(14)18)13(19)17(15-8)9-4-6-10(7-5-9)22(20,21)16(2)3/h4-7,11H,1-3H3,(H2,14,18). The number of carbonyl (C=O) groups is 2. The molecule has 1 unspecified atom stereocenters. The van der Waals surface area contributed by atoms with Gasteiger partial charge in [0.05, 0.1) is 16.3 Å². The Morgan fingerprint density at radius 3 is 2.23 bits per heavy atom. The van der Waals surface area contributed by atoms with Crippen LogP contribution in [0.15, 0.2) is 34.3 Å². The average molecular weight is 324 g/mol. The molecule has 0 aromatic heterocycles. The van der Waals surface area contributed by atoms with Crippen LogP contribution in [0.3, 0.4) is 0 Å². The molecule has 2 rings (SSSR count). The predicted molar refractivity (Wildman–Crippen MR) is 80.6 cm³/mol. The van der Waals surface area contributed by atoms with E-state index in [0.717, 1.165) is 9.31 Å². The van der Waals surface area contributed by atoms with Crippen LogP contribution < -0.4 is 10.7 Å². The topological polar surface area (TPSA) is 113 Å². The van der Waals surface area contributed by atoms with Gasteiger partial charge in [0.25, 0.3) is 5.91 Å². The van der Waals surface area contributed by atoms with Gasteiger partial charge >= 0.3 is 0 Å². The fraction of sp³-hybridized carbons (Fsp3) is 0.308. The molecule has 2 N–H and O–H groups in total. The number of primary amides is 1. The lowest BCUT2D eigenvalue weighted by Gasteiger charge is -2.15. The Balaban J connectivity index is 2.34. The molecule has 0 fully saturated rings. The largest absolute Gasteiger partial charge is 0.369 e. The van der Waals surface area contributed by atoms with Gasteiger partial charge in [-0.1, -0.05) is 0 Å². The number of carbonyl (C=O) groups excluding carboxylic acids is 2. The van der Waals surface area contributed by atoms with Crippen LogP contribution in [0.25, 0.3) is 0 Å². The number of sulfonamides is 1. The van der Waals surface area contributed by atoms with Crippen molar-refractivity contribution in [2.75, 3.05) is 19.1 Å². The zero-order valence-electron chi connectivity index (χ0n) is 12.3. The maximum Gasteiger partial charge on any atom is 0.265 e. The third-order valence-corrected chi connectivity index (χ3v) is 5.10. The molecule has 2 amide bonds. The zero-order valence-corrected chi connectivity index (χ0v) is 13.2. The van der Waals surface area contributed by atoms with E-state index in [0.29, 0.717) is 11.4 Å². The smallest absolute Gasteiger partial charge is 0.265 e. The molecule has 1 aromatic rings. The summed E-state index contributed by atoms with van der Waals surface area (Å²) in [6.07, 6.45) is 0. The van der Waals surface area contributed by atoms with Gasteiger partial charge in [-0.3, -0.25) is 9.59 Å². The third kappa shape index (κ3) is 2.60. The lowest BCUT2D eigenvalue weighted by molar-refractivity contribution is -0.128. The van der Waals surface area contributed by atoms with Gasteiger partial charge in [-0.2, -0.15) is 10.1 Å². The number of nitrogens with zero attached hydrogens (tertiary/aromatic N) is 3. The summed E-state index contributed by atoms with van der Waals surface area (Å²) in [7, 11) is -0.688. The first-order valence-electron chi connectivity index (χ1n) is 6.37. The average Bonchev–Trinajstić information content (AvgIpc) is 2.74. The molecule has 1 aromatic carbocycles. The minimum Gasteiger partial charge on any atom is -0.369 e. The van der Waals surface area contributed by atoms with E-state index in [4.69, 9.17) is 5.73 Å². The van der Waals surface area contributed by atoms with Crippen molar-refractivity contribution in [1.29, 1.82) is 0 Å². The number of nitrogens with two attached hydrogens (primary N) is 1. The molecule has 0 saturated carbocycles. The Morgan fingerprint density at radius 2 is 1.82 bits per heavy atom. The number of rotatable bonds is 4. The minimum atomic E-state index is -3.55. The predicted octanol–water partition coefficient (Wildman–Crippen LogP) is -0.239. The lowest BCUT2D eigenvalue weighted by atomic mass is 10.0. The van der Waals surface area contributed by atoms with E-state index in [1.807, 2.05) is 0 Å². The van der Waals surface area contributed by atoms with Crippen LogP contribution in [-0.2, 0) is 19.6 Å². The van der Waals surface area contributed by atoms with Crippen LogP contribution in [-0.4, -0.2) is 44.3 Å². The van der Waals surface area contributed by atoms with E-state index < -0.39 is 27.8 Å². The highest BCUT2D eigenvalue weighted by Gasteiger charge is 2.38. The highest BCUT2D eigenvalue weighted by molar-refractivity contribution is 7.89. The van der Waals surface area contributed by atoms with Crippen molar-refractivity contribution < 1.29 is 18.0 Å². The first-order chi connectivity index (χ1) is 10.2. The summed E-state index contributed by atoms with van der Waals surface area (Å²) in [5.41, 5.74) is 5.86. The van der Waals surface area contributed by atoms with Crippen molar-refractivity contribution >= 4 is 33.2 Å². The maximum atomic E-state index is 12.1. The van der Waals surface area contributed by atoms with Crippen LogP contribution in [0, 0.1) is 5.92 Å². The van der Waals surface area contributed by atoms with E-state index in [9.17, 15) is 18.0 Å². The Hall–Kier alpha value is -2.26. The summed E-state index contributed by atoms with van der Waals surface area (Å²) in [6.45, 7) is 1.54. The number of anilines is 1. The van der Waals surface area contributed by atoms with Gasteiger partial charge in [0, 0.05) is 14.1 Å². The molecule has 8 nitrogen and oxygen atoms in total. The fourth-order valence-corrected chi connectivity index (χ4v) is 2.95. The summed E-state index contributed by atoms with van der Waals surface area (Å²) >= 11 is 0. The van der Waals surface area contributed by atoms with Gasteiger partial charge < -0.3 is 5.73 Å². The lowest BCUT2D eigenvalue weighted by Crippen LogP contribution is -2.36. The Bertz CT molecular complexity index is 753. The normalized spacial score (nSPS) is 18.7. The molecule has 0 bridgehead atoms. The minimum absolute atomic E-state index is 0.0973. The molecule has 0 aliphatic carbocycles. The zero-order chi connectivity index (χ0) is 16.7. The number of hydrazone groups is 1. The van der Waals surface area contributed by atoms with Gasteiger partial charge in [0.1, 0.15) is 0 Å². The fourth-order valence-electron chi connectivity index (χ4n) is 2.05. The van der Waals surface area contributed by atoms with Crippen LogP contribution >= 0.6 is 0 Å². The van der Waals surface area contributed by atoms with Crippen molar-refractivity contribution in [3.63, 3.8) is 0 Å². The Kier molecular flexibility index (Phi) is 4.03. The molecule has 1 heterocycles. The van der Waals surface area contributed by atoms with Crippen LogP contribution in [0.2, 0.25) is 0 Å². The summed E-state index contributed by atoms with van der Waals surface area (Å²) in [6, 6.07) is 5.66. The molecule has 118 valence electrons. The van der Waals surface area contributed by atoms with Gasteiger partial charge in [-0.15, -0.1) is 0 Å². The van der Waals surface area contributed by atoms with Gasteiger partial charge in [-0.05, 0) is 31.2 Å². The SMILES string of the molecule is CC1=NN(c2ccc(S(=O)(=O)N(C)C)cc2)C(=O)C1C(N)=O. The Labute approximate surface area is 128 Å². The molecule has 0 spiro atoms. The summed E-state index contributed by atoms with van der Waals surface area (Å²) in [5, 5.41) is 5.06. The first kappa shape index (κ1) is 16.1. The van der Waals surface area contributed by atoms with Gasteiger partial charge in [0.2, 0.25) is 15.9 Å². The second-order valence-electron chi connectivity index (χ2n) is 5.01. The number of hydrogen-bond donors (Lipinski definition) is 1. The van der Waals surface area contributed by atoms with Crippen molar-refractivity contribution in [1.82, 2.24) is 4.31 Å². The molecule has 9 heteroatoms. The molecular weight excluding hydrogens is 308 g/mol. The number of benzene rings is 1. The van der Waals surface area contributed by atoms with Crippen molar-refractivity contribution in [3.8, 4) is 0 Å². The molecule has 22 heavy (non-hydrogen) atoms. The quantitative estimate of drug-likeness (QED) is 0.770. The van der Waals surface area contributed by atoms with Crippen LogP contribution in [0.1, 0.15) is 6.92 Å². The molecular formula is C13H16N4O4S. The molecule has 0 radical (unpaired) electrons. The van der Waals surface area contributed by atoms with E-state index in [1.54, 1.807) is 0 Å². The Morgan fingerprint density at radius 1 is 1.27 bits per heavy atom. The van der Waals surface area contributed by atoms with Gasteiger partial charge in [-0.25, -0.2) is 12.7 Å². The van der Waals surface area contributed by atoms with E-state index in [1.165, 1.54) is 45.3 Å². The van der Waals surface area contributed by atoms with Crippen LogP contribution in [0.4, 0.5) is 5.69 Å². The highest BCUT2D eigenvalue weighted by Crippen LogP contribution is 2.25. The highest BCUT2D eigenvalue weighted by atomic mass is 32.2. The second-order valence-corrected chi connectivity index (χ2v) is 7.16. The van der Waals surface area contributed by atoms with E-state index in [-0.39, 0.29) is 4.90 Å². The maximum absolute atomic E-state index is 12.1. The number of hydrogen-bond acceptors (Lipinski definition) is 5. The van der Waals surface area contributed by atoms with E-state index >= 15 is 0 Å². The molecule has 1 aliphatic heterocycles. The van der Waals surface area contributed by atoms with E-state index in [2.05, 4.69) is 5.10 Å². The summed E-state index contributed by atoms with van der Waals surface area (Å²) in [4.78, 5) is 23.5. The monoisotopic (exact) mass is 324 g/mol. The van der Waals surface area contributed by atoms with Crippen molar-refractivity contribution in [3.05, 3.63) is 24.3 Å². The summed E-state index contributed by atoms with van der Waals surface area (Å²) in [5.74, 6) is -2.39. The van der Waals surface area contributed by atoms with Crippen LogP contribution in [0.5, 0.6) is 0 Å². The summed E-state index contributed by atoms with van der Waals surface area (Å²) < 4.78 is 25.0. The molecule has 1 atom stereocenters.